The van der Waals surface area contributed by atoms with Crippen LogP contribution in [0.2, 0.25) is 0 Å². The standard InChI is InChI=1S/C16H21F3N2O/c1-3-21(15(22)12-8-10-20(2)11-9-12)14-6-4-13(5-7-14)16(17,18)19/h4-7,12H,3,8-11H2,1-2H3. The van der Waals surface area contributed by atoms with Crippen molar-refractivity contribution in [3.63, 3.8) is 0 Å². The summed E-state index contributed by atoms with van der Waals surface area (Å²) < 4.78 is 37.8. The number of benzene rings is 1. The number of carbonyl (C=O) groups excluding carboxylic acids is 1. The van der Waals surface area contributed by atoms with Gasteiger partial charge in [-0.2, -0.15) is 13.2 Å². The molecular formula is C16H21F3N2O. The summed E-state index contributed by atoms with van der Waals surface area (Å²) in [6.07, 6.45) is -2.76. The van der Waals surface area contributed by atoms with Crippen molar-refractivity contribution in [2.24, 2.45) is 5.92 Å². The molecule has 0 spiro atoms. The van der Waals surface area contributed by atoms with Gasteiger partial charge in [-0.05, 0) is 64.2 Å². The number of piperidine rings is 1. The zero-order valence-electron chi connectivity index (χ0n) is 12.9. The van der Waals surface area contributed by atoms with Crippen LogP contribution in [0.1, 0.15) is 25.3 Å². The van der Waals surface area contributed by atoms with E-state index in [0.29, 0.717) is 12.2 Å². The highest BCUT2D eigenvalue weighted by Crippen LogP contribution is 2.31. The van der Waals surface area contributed by atoms with Crippen molar-refractivity contribution >= 4 is 11.6 Å². The van der Waals surface area contributed by atoms with Crippen LogP contribution in [0.5, 0.6) is 0 Å². The van der Waals surface area contributed by atoms with Gasteiger partial charge < -0.3 is 9.80 Å². The van der Waals surface area contributed by atoms with Crippen molar-refractivity contribution < 1.29 is 18.0 Å². The maximum Gasteiger partial charge on any atom is 0.416 e. The Morgan fingerprint density at radius 1 is 1.23 bits per heavy atom. The molecule has 1 amide bonds. The van der Waals surface area contributed by atoms with Gasteiger partial charge in [0, 0.05) is 18.2 Å². The minimum atomic E-state index is -4.35. The van der Waals surface area contributed by atoms with Crippen molar-refractivity contribution in [2.75, 3.05) is 31.6 Å². The van der Waals surface area contributed by atoms with Gasteiger partial charge in [-0.15, -0.1) is 0 Å². The number of alkyl halides is 3. The van der Waals surface area contributed by atoms with Crippen LogP contribution >= 0.6 is 0 Å². The van der Waals surface area contributed by atoms with Crippen molar-refractivity contribution in [2.45, 2.75) is 25.9 Å². The number of hydrogen-bond donors (Lipinski definition) is 0. The van der Waals surface area contributed by atoms with E-state index < -0.39 is 11.7 Å². The summed E-state index contributed by atoms with van der Waals surface area (Å²) in [5.74, 6) is -0.0335. The van der Waals surface area contributed by atoms with Crippen LogP contribution in [0.3, 0.4) is 0 Å². The molecule has 0 saturated carbocycles. The lowest BCUT2D eigenvalue weighted by Crippen LogP contribution is -2.41. The first-order valence-electron chi connectivity index (χ1n) is 7.50. The SMILES string of the molecule is CCN(C(=O)C1CCN(C)CC1)c1ccc(C(F)(F)F)cc1. The molecule has 1 aromatic carbocycles. The summed E-state index contributed by atoms with van der Waals surface area (Å²) in [7, 11) is 2.02. The van der Waals surface area contributed by atoms with Crippen LogP contribution in [0.15, 0.2) is 24.3 Å². The van der Waals surface area contributed by atoms with Crippen molar-refractivity contribution in [1.82, 2.24) is 4.90 Å². The number of amides is 1. The number of nitrogens with zero attached hydrogens (tertiary/aromatic N) is 2. The van der Waals surface area contributed by atoms with E-state index >= 15 is 0 Å². The van der Waals surface area contributed by atoms with Crippen molar-refractivity contribution in [1.29, 1.82) is 0 Å². The summed E-state index contributed by atoms with van der Waals surface area (Å²) in [6, 6.07) is 4.80. The summed E-state index contributed by atoms with van der Waals surface area (Å²) in [5.41, 5.74) is -0.168. The van der Waals surface area contributed by atoms with E-state index in [-0.39, 0.29) is 11.8 Å². The Hall–Kier alpha value is -1.56. The molecule has 1 saturated heterocycles. The third-order valence-electron chi connectivity index (χ3n) is 4.16. The molecule has 0 aromatic heterocycles. The molecule has 0 bridgehead atoms. The molecule has 1 heterocycles. The van der Waals surface area contributed by atoms with Gasteiger partial charge in [0.05, 0.1) is 5.56 Å². The highest BCUT2D eigenvalue weighted by atomic mass is 19.4. The normalized spacial score (nSPS) is 17.5. The lowest BCUT2D eigenvalue weighted by molar-refractivity contribution is -0.137. The average Bonchev–Trinajstić information content (AvgIpc) is 2.48. The lowest BCUT2D eigenvalue weighted by atomic mass is 9.95. The van der Waals surface area contributed by atoms with Crippen LogP contribution in [0.25, 0.3) is 0 Å². The molecule has 22 heavy (non-hydrogen) atoms. The van der Waals surface area contributed by atoms with Gasteiger partial charge in [0.2, 0.25) is 5.91 Å². The van der Waals surface area contributed by atoms with Gasteiger partial charge in [-0.3, -0.25) is 4.79 Å². The third-order valence-corrected chi connectivity index (χ3v) is 4.16. The number of rotatable bonds is 3. The van der Waals surface area contributed by atoms with E-state index in [1.165, 1.54) is 12.1 Å². The van der Waals surface area contributed by atoms with Crippen molar-refractivity contribution in [3.8, 4) is 0 Å². The second-order valence-corrected chi connectivity index (χ2v) is 5.70. The minimum absolute atomic E-state index is 0.00959. The molecule has 0 radical (unpaired) electrons. The maximum atomic E-state index is 12.6. The predicted octanol–water partition coefficient (Wildman–Crippen LogP) is 3.40. The molecule has 1 fully saturated rings. The second-order valence-electron chi connectivity index (χ2n) is 5.70. The fraction of sp³-hybridized carbons (Fsp3) is 0.562. The van der Waals surface area contributed by atoms with Crippen molar-refractivity contribution in [3.05, 3.63) is 29.8 Å². The molecule has 0 aliphatic carbocycles. The van der Waals surface area contributed by atoms with Gasteiger partial charge >= 0.3 is 6.18 Å². The monoisotopic (exact) mass is 314 g/mol. The molecule has 6 heteroatoms. The number of likely N-dealkylation sites (tertiary alicyclic amines) is 1. The molecule has 1 aliphatic heterocycles. The van der Waals surface area contributed by atoms with Gasteiger partial charge in [-0.25, -0.2) is 0 Å². The van der Waals surface area contributed by atoms with Gasteiger partial charge in [0.15, 0.2) is 0 Å². The molecule has 1 aromatic rings. The van der Waals surface area contributed by atoms with E-state index in [9.17, 15) is 18.0 Å². The molecule has 122 valence electrons. The second kappa shape index (κ2) is 6.69. The molecule has 1 aliphatic rings. The Bertz CT molecular complexity index is 505. The number of carbonyl (C=O) groups is 1. The predicted molar refractivity (Wildman–Crippen MR) is 79.7 cm³/mol. The Labute approximate surface area is 128 Å². The van der Waals surface area contributed by atoms with Crippen LogP contribution in [0.4, 0.5) is 18.9 Å². The summed E-state index contributed by atoms with van der Waals surface area (Å²) in [6.45, 7) is 4.04. The first-order valence-corrected chi connectivity index (χ1v) is 7.50. The van der Waals surface area contributed by atoms with Crippen LogP contribution in [-0.2, 0) is 11.0 Å². The van der Waals surface area contributed by atoms with E-state index in [2.05, 4.69) is 4.90 Å². The summed E-state index contributed by atoms with van der Waals surface area (Å²) in [4.78, 5) is 16.4. The molecule has 0 atom stereocenters. The molecular weight excluding hydrogens is 293 g/mol. The minimum Gasteiger partial charge on any atom is -0.312 e. The van der Waals surface area contributed by atoms with E-state index in [1.807, 2.05) is 14.0 Å². The Balaban J connectivity index is 2.12. The topological polar surface area (TPSA) is 23.6 Å². The smallest absolute Gasteiger partial charge is 0.312 e. The Kier molecular flexibility index (Phi) is 5.11. The van der Waals surface area contributed by atoms with Crippen LogP contribution in [0, 0.1) is 5.92 Å². The van der Waals surface area contributed by atoms with Gasteiger partial charge in [-0.1, -0.05) is 0 Å². The lowest BCUT2D eigenvalue weighted by Gasteiger charge is -2.32. The van der Waals surface area contributed by atoms with Gasteiger partial charge in [0.25, 0.3) is 0 Å². The zero-order chi connectivity index (χ0) is 16.3. The average molecular weight is 314 g/mol. The number of halogens is 3. The first-order chi connectivity index (χ1) is 10.3. The molecule has 3 nitrogen and oxygen atoms in total. The Morgan fingerprint density at radius 3 is 2.23 bits per heavy atom. The van der Waals surface area contributed by atoms with E-state index in [1.54, 1.807) is 4.90 Å². The van der Waals surface area contributed by atoms with Crippen LogP contribution < -0.4 is 4.90 Å². The van der Waals surface area contributed by atoms with Crippen LogP contribution in [-0.4, -0.2) is 37.5 Å². The zero-order valence-corrected chi connectivity index (χ0v) is 12.9. The highest BCUT2D eigenvalue weighted by Gasteiger charge is 2.31. The first kappa shape index (κ1) is 16.8. The largest absolute Gasteiger partial charge is 0.416 e. The fourth-order valence-electron chi connectivity index (χ4n) is 2.77. The molecule has 0 N–H and O–H groups in total. The number of hydrogen-bond acceptors (Lipinski definition) is 2. The molecule has 0 unspecified atom stereocenters. The third kappa shape index (κ3) is 3.80. The fourth-order valence-corrected chi connectivity index (χ4v) is 2.77. The Morgan fingerprint density at radius 2 is 1.77 bits per heavy atom. The van der Waals surface area contributed by atoms with Gasteiger partial charge in [0.1, 0.15) is 0 Å². The van der Waals surface area contributed by atoms with E-state index in [4.69, 9.17) is 0 Å². The number of anilines is 1. The highest BCUT2D eigenvalue weighted by molar-refractivity contribution is 5.95. The molecule has 2 rings (SSSR count). The summed E-state index contributed by atoms with van der Waals surface area (Å²) >= 11 is 0. The summed E-state index contributed by atoms with van der Waals surface area (Å²) in [5, 5.41) is 0. The quantitative estimate of drug-likeness (QED) is 0.854. The maximum absolute atomic E-state index is 12.6. The van der Waals surface area contributed by atoms with E-state index in [0.717, 1.165) is 38.1 Å².